The fourth-order valence-corrected chi connectivity index (χ4v) is 5.22. The molecule has 7 nitrogen and oxygen atoms in total. The average molecular weight is 526 g/mol. The lowest BCUT2D eigenvalue weighted by Crippen LogP contribution is -2.52. The summed E-state index contributed by atoms with van der Waals surface area (Å²) in [4.78, 5) is 27.9. The van der Waals surface area contributed by atoms with Crippen LogP contribution in [0.4, 0.5) is 5.69 Å². The Morgan fingerprint density at radius 1 is 1.06 bits per heavy atom. The quantitative estimate of drug-likeness (QED) is 0.530. The molecular formula is C24H29Cl2N3O4S. The van der Waals surface area contributed by atoms with Gasteiger partial charge in [-0.15, -0.1) is 0 Å². The summed E-state index contributed by atoms with van der Waals surface area (Å²) in [5, 5.41) is 3.98. The van der Waals surface area contributed by atoms with Crippen molar-refractivity contribution in [3.63, 3.8) is 0 Å². The lowest BCUT2D eigenvalue weighted by molar-refractivity contribution is -0.139. The number of rotatable bonds is 9. The third-order valence-corrected chi connectivity index (χ3v) is 7.53. The van der Waals surface area contributed by atoms with Crippen molar-refractivity contribution in [1.82, 2.24) is 10.2 Å². The molecule has 34 heavy (non-hydrogen) atoms. The lowest BCUT2D eigenvalue weighted by atomic mass is 10.1. The zero-order valence-electron chi connectivity index (χ0n) is 19.2. The van der Waals surface area contributed by atoms with Crippen molar-refractivity contribution >= 4 is 50.7 Å². The summed E-state index contributed by atoms with van der Waals surface area (Å²) >= 11 is 12.1. The smallest absolute Gasteiger partial charge is 0.244 e. The topological polar surface area (TPSA) is 86.8 Å². The second kappa shape index (κ2) is 11.4. The van der Waals surface area contributed by atoms with Gasteiger partial charge in [0.05, 0.1) is 11.9 Å². The summed E-state index contributed by atoms with van der Waals surface area (Å²) in [5.41, 5.74) is 1.05. The second-order valence-corrected chi connectivity index (χ2v) is 11.3. The van der Waals surface area contributed by atoms with Gasteiger partial charge in [0.2, 0.25) is 21.8 Å². The first-order valence-corrected chi connectivity index (χ1v) is 13.7. The summed E-state index contributed by atoms with van der Waals surface area (Å²) in [6.45, 7) is 1.30. The summed E-state index contributed by atoms with van der Waals surface area (Å²) in [5.74, 6) is -0.769. The molecule has 184 valence electrons. The van der Waals surface area contributed by atoms with E-state index >= 15 is 0 Å². The summed E-state index contributed by atoms with van der Waals surface area (Å²) in [6.07, 6.45) is 4.99. The van der Waals surface area contributed by atoms with E-state index in [9.17, 15) is 18.0 Å². The van der Waals surface area contributed by atoms with Gasteiger partial charge in [0.25, 0.3) is 0 Å². The molecular weight excluding hydrogens is 497 g/mol. The number of nitrogens with zero attached hydrogens (tertiary/aromatic N) is 2. The largest absolute Gasteiger partial charge is 0.352 e. The van der Waals surface area contributed by atoms with Crippen molar-refractivity contribution in [3.8, 4) is 0 Å². The summed E-state index contributed by atoms with van der Waals surface area (Å²) in [7, 11) is -3.78. The number of hydrogen-bond acceptors (Lipinski definition) is 4. The Hall–Kier alpha value is -2.29. The highest BCUT2D eigenvalue weighted by Gasteiger charge is 2.31. The Labute approximate surface area is 211 Å². The molecule has 0 radical (unpaired) electrons. The molecule has 1 N–H and O–H groups in total. The number of amides is 2. The predicted octanol–water partition coefficient (Wildman–Crippen LogP) is 4.24. The van der Waals surface area contributed by atoms with E-state index in [2.05, 4.69) is 5.32 Å². The van der Waals surface area contributed by atoms with E-state index in [4.69, 9.17) is 23.2 Å². The van der Waals surface area contributed by atoms with Gasteiger partial charge in [0, 0.05) is 22.6 Å². The Morgan fingerprint density at radius 3 is 2.29 bits per heavy atom. The number of carbonyl (C=O) groups excluding carboxylic acids is 2. The lowest BCUT2D eigenvalue weighted by Gasteiger charge is -2.32. The van der Waals surface area contributed by atoms with Crippen LogP contribution >= 0.6 is 23.2 Å². The summed E-state index contributed by atoms with van der Waals surface area (Å²) in [6, 6.07) is 12.5. The SMILES string of the molecule is C[C@@H](C(=O)NC1CCCC1)N(Cc1cccc(Cl)c1)C(=O)CN(c1ccc(Cl)cc1)S(C)(=O)=O. The number of anilines is 1. The number of sulfonamides is 1. The number of nitrogens with one attached hydrogen (secondary N) is 1. The van der Waals surface area contributed by atoms with Crippen LogP contribution in [0.2, 0.25) is 10.0 Å². The van der Waals surface area contributed by atoms with E-state index in [1.165, 1.54) is 17.0 Å². The number of hydrogen-bond donors (Lipinski definition) is 1. The molecule has 0 unspecified atom stereocenters. The maximum absolute atomic E-state index is 13.5. The fraction of sp³-hybridized carbons (Fsp3) is 0.417. The van der Waals surface area contributed by atoms with Crippen LogP contribution in [0.25, 0.3) is 0 Å². The van der Waals surface area contributed by atoms with Gasteiger partial charge in [-0.3, -0.25) is 13.9 Å². The predicted molar refractivity (Wildman–Crippen MR) is 136 cm³/mol. The first-order chi connectivity index (χ1) is 16.0. The maximum Gasteiger partial charge on any atom is 0.244 e. The van der Waals surface area contributed by atoms with E-state index in [0.29, 0.717) is 15.7 Å². The van der Waals surface area contributed by atoms with Crippen LogP contribution < -0.4 is 9.62 Å². The van der Waals surface area contributed by atoms with Gasteiger partial charge in [-0.2, -0.15) is 0 Å². The maximum atomic E-state index is 13.5. The highest BCUT2D eigenvalue weighted by atomic mass is 35.5. The first-order valence-electron chi connectivity index (χ1n) is 11.1. The molecule has 1 fully saturated rings. The number of carbonyl (C=O) groups is 2. The van der Waals surface area contributed by atoms with Crippen LogP contribution in [0.15, 0.2) is 48.5 Å². The summed E-state index contributed by atoms with van der Waals surface area (Å²) < 4.78 is 26.1. The van der Waals surface area contributed by atoms with Gasteiger partial charge in [0.1, 0.15) is 12.6 Å². The van der Waals surface area contributed by atoms with Gasteiger partial charge in [-0.1, -0.05) is 48.2 Å². The van der Waals surface area contributed by atoms with E-state index < -0.39 is 28.5 Å². The van der Waals surface area contributed by atoms with Gasteiger partial charge >= 0.3 is 0 Å². The molecule has 1 atom stereocenters. The number of halogens is 2. The zero-order chi connectivity index (χ0) is 24.9. The molecule has 1 aliphatic carbocycles. The average Bonchev–Trinajstić information content (AvgIpc) is 3.28. The van der Waals surface area contributed by atoms with E-state index in [-0.39, 0.29) is 18.5 Å². The molecule has 0 spiro atoms. The van der Waals surface area contributed by atoms with Crippen LogP contribution in [0.3, 0.4) is 0 Å². The molecule has 0 aliphatic heterocycles. The van der Waals surface area contributed by atoms with Crippen molar-refractivity contribution in [1.29, 1.82) is 0 Å². The fourth-order valence-electron chi connectivity index (χ4n) is 4.03. The second-order valence-electron chi connectivity index (χ2n) is 8.56. The third-order valence-electron chi connectivity index (χ3n) is 5.90. The van der Waals surface area contributed by atoms with Gasteiger partial charge in [-0.25, -0.2) is 8.42 Å². The van der Waals surface area contributed by atoms with Gasteiger partial charge in [0.15, 0.2) is 0 Å². The minimum atomic E-state index is -3.78. The Morgan fingerprint density at radius 2 is 1.71 bits per heavy atom. The van der Waals surface area contributed by atoms with Crippen LogP contribution in [0.1, 0.15) is 38.2 Å². The van der Waals surface area contributed by atoms with E-state index in [0.717, 1.165) is 41.8 Å². The van der Waals surface area contributed by atoms with Crippen molar-refractivity contribution in [2.45, 2.75) is 51.2 Å². The van der Waals surface area contributed by atoms with E-state index in [1.807, 2.05) is 0 Å². The third kappa shape index (κ3) is 7.10. The van der Waals surface area contributed by atoms with Gasteiger partial charge < -0.3 is 10.2 Å². The molecule has 1 aliphatic rings. The highest BCUT2D eigenvalue weighted by molar-refractivity contribution is 7.92. The molecule has 0 saturated heterocycles. The molecule has 2 aromatic carbocycles. The number of benzene rings is 2. The molecule has 10 heteroatoms. The monoisotopic (exact) mass is 525 g/mol. The molecule has 1 saturated carbocycles. The molecule has 0 heterocycles. The van der Waals surface area contributed by atoms with Crippen LogP contribution in [-0.4, -0.2) is 50.0 Å². The molecule has 2 amide bonds. The van der Waals surface area contributed by atoms with Crippen LogP contribution in [0, 0.1) is 0 Å². The van der Waals surface area contributed by atoms with E-state index in [1.54, 1.807) is 43.3 Å². The Bertz CT molecular complexity index is 1120. The van der Waals surface area contributed by atoms with Crippen molar-refractivity contribution < 1.29 is 18.0 Å². The molecule has 3 rings (SSSR count). The van der Waals surface area contributed by atoms with Crippen molar-refractivity contribution in [3.05, 3.63) is 64.1 Å². The molecule has 0 aromatic heterocycles. The van der Waals surface area contributed by atoms with Gasteiger partial charge in [-0.05, 0) is 61.7 Å². The van der Waals surface area contributed by atoms with Crippen molar-refractivity contribution in [2.24, 2.45) is 0 Å². The Balaban J connectivity index is 1.87. The minimum Gasteiger partial charge on any atom is -0.352 e. The normalized spacial score (nSPS) is 15.1. The van der Waals surface area contributed by atoms with Crippen molar-refractivity contribution in [2.75, 3.05) is 17.1 Å². The minimum absolute atomic E-state index is 0.0969. The standard InChI is InChI=1S/C24H29Cl2N3O4S/c1-17(24(31)27-21-8-3-4-9-21)28(15-18-6-5-7-20(26)14-18)23(30)16-29(34(2,32)33)22-12-10-19(25)11-13-22/h5-7,10-14,17,21H,3-4,8-9,15-16H2,1-2H3,(H,27,31)/t17-/m0/s1. The molecule has 0 bridgehead atoms. The van der Waals surface area contributed by atoms with Crippen LogP contribution in [-0.2, 0) is 26.2 Å². The first kappa shape index (κ1) is 26.3. The molecule has 2 aromatic rings. The highest BCUT2D eigenvalue weighted by Crippen LogP contribution is 2.22. The Kier molecular flexibility index (Phi) is 8.84. The zero-order valence-corrected chi connectivity index (χ0v) is 21.5. The van der Waals surface area contributed by atoms with Crippen LogP contribution in [0.5, 0.6) is 0 Å².